The first kappa shape index (κ1) is 16.2. The van der Waals surface area contributed by atoms with Crippen LogP contribution in [0.4, 0.5) is 0 Å². The molecule has 0 saturated carbocycles. The van der Waals surface area contributed by atoms with Gasteiger partial charge in [-0.2, -0.15) is 0 Å². The molecule has 0 atom stereocenters. The van der Waals surface area contributed by atoms with Gasteiger partial charge in [-0.1, -0.05) is 19.8 Å². The Morgan fingerprint density at radius 1 is 1.37 bits per heavy atom. The minimum absolute atomic E-state index is 0.0127. The Hall–Kier alpha value is -0.810. The van der Waals surface area contributed by atoms with E-state index in [1.54, 1.807) is 0 Å². The topological polar surface area (TPSA) is 54.3 Å². The largest absolute Gasteiger partial charge is 0.396 e. The van der Waals surface area contributed by atoms with Crippen LogP contribution in [0.15, 0.2) is 16.7 Å². The molecule has 0 bridgehead atoms. The lowest BCUT2D eigenvalue weighted by atomic mass is 10.2. The molecule has 0 aromatic carbocycles. The lowest BCUT2D eigenvalue weighted by Gasteiger charge is -2.08. The summed E-state index contributed by atoms with van der Waals surface area (Å²) < 4.78 is 2.92. The Bertz CT molecular complexity index is 391. The van der Waals surface area contributed by atoms with E-state index >= 15 is 0 Å². The fourth-order valence-electron chi connectivity index (χ4n) is 1.97. The maximum atomic E-state index is 12.0. The number of nitrogens with one attached hydrogen (secondary N) is 1. The Morgan fingerprint density at radius 2 is 2.11 bits per heavy atom. The van der Waals surface area contributed by atoms with Gasteiger partial charge in [0.15, 0.2) is 0 Å². The maximum Gasteiger partial charge on any atom is 0.267 e. The number of carbonyl (C=O) groups excluding carboxylic acids is 1. The van der Waals surface area contributed by atoms with E-state index in [-0.39, 0.29) is 12.5 Å². The van der Waals surface area contributed by atoms with E-state index in [0.29, 0.717) is 12.2 Å². The van der Waals surface area contributed by atoms with Crippen LogP contribution in [0.3, 0.4) is 0 Å². The summed E-state index contributed by atoms with van der Waals surface area (Å²) in [7, 11) is 0. The number of nitrogens with zero attached hydrogens (tertiary/aromatic N) is 1. The predicted octanol–water partition coefficient (Wildman–Crippen LogP) is 2.94. The molecule has 1 amide bonds. The standard InChI is InChI=1S/C14H23BrN2O2/c1-2-8-17-11-12(15)10-13(17)14(19)16-7-5-3-4-6-9-18/h10-11,18H,2-9H2,1H3,(H,16,19). The van der Waals surface area contributed by atoms with Crippen LogP contribution in [0.25, 0.3) is 0 Å². The number of amides is 1. The van der Waals surface area contributed by atoms with E-state index in [2.05, 4.69) is 28.2 Å². The van der Waals surface area contributed by atoms with E-state index in [4.69, 9.17) is 5.11 Å². The van der Waals surface area contributed by atoms with Gasteiger partial charge in [0.05, 0.1) is 0 Å². The van der Waals surface area contributed by atoms with Crippen LogP contribution in [0.5, 0.6) is 0 Å². The van der Waals surface area contributed by atoms with Crippen LogP contribution in [0, 0.1) is 0 Å². The summed E-state index contributed by atoms with van der Waals surface area (Å²) in [5.74, 6) is -0.0127. The lowest BCUT2D eigenvalue weighted by molar-refractivity contribution is 0.0943. The first-order valence-corrected chi connectivity index (χ1v) is 7.73. The van der Waals surface area contributed by atoms with Crippen molar-refractivity contribution in [2.45, 2.75) is 45.6 Å². The zero-order valence-electron chi connectivity index (χ0n) is 11.5. The van der Waals surface area contributed by atoms with Crippen molar-refractivity contribution in [1.29, 1.82) is 0 Å². The Kier molecular flexibility index (Phi) is 7.82. The van der Waals surface area contributed by atoms with Crippen molar-refractivity contribution in [1.82, 2.24) is 9.88 Å². The molecule has 1 rings (SSSR count). The number of aliphatic hydroxyl groups excluding tert-OH is 1. The first-order valence-electron chi connectivity index (χ1n) is 6.93. The molecule has 2 N–H and O–H groups in total. The monoisotopic (exact) mass is 330 g/mol. The average Bonchev–Trinajstić information content (AvgIpc) is 2.75. The van der Waals surface area contributed by atoms with Crippen molar-refractivity contribution in [2.75, 3.05) is 13.2 Å². The van der Waals surface area contributed by atoms with E-state index in [1.165, 1.54) is 0 Å². The van der Waals surface area contributed by atoms with Crippen molar-refractivity contribution in [3.63, 3.8) is 0 Å². The fraction of sp³-hybridized carbons (Fsp3) is 0.643. The normalized spacial score (nSPS) is 10.7. The van der Waals surface area contributed by atoms with E-state index in [1.807, 2.05) is 16.8 Å². The molecule has 0 aliphatic heterocycles. The Morgan fingerprint density at radius 3 is 2.79 bits per heavy atom. The highest BCUT2D eigenvalue weighted by molar-refractivity contribution is 9.10. The molecule has 1 heterocycles. The number of hydrogen-bond acceptors (Lipinski definition) is 2. The quantitative estimate of drug-likeness (QED) is 0.684. The van der Waals surface area contributed by atoms with Gasteiger partial charge in [-0.15, -0.1) is 0 Å². The van der Waals surface area contributed by atoms with E-state index in [9.17, 15) is 4.79 Å². The van der Waals surface area contributed by atoms with Gasteiger partial charge in [0.1, 0.15) is 5.69 Å². The fourth-order valence-corrected chi connectivity index (χ4v) is 2.44. The molecular weight excluding hydrogens is 308 g/mol. The summed E-state index contributed by atoms with van der Waals surface area (Å²) in [5.41, 5.74) is 0.712. The highest BCUT2D eigenvalue weighted by Gasteiger charge is 2.11. The van der Waals surface area contributed by atoms with Crippen LogP contribution >= 0.6 is 15.9 Å². The third kappa shape index (κ3) is 5.78. The molecular formula is C14H23BrN2O2. The number of aromatic nitrogens is 1. The first-order chi connectivity index (χ1) is 9.19. The highest BCUT2D eigenvalue weighted by Crippen LogP contribution is 2.15. The second-order valence-electron chi connectivity index (χ2n) is 4.63. The van der Waals surface area contributed by atoms with Gasteiger partial charge in [-0.25, -0.2) is 0 Å². The van der Waals surface area contributed by atoms with Gasteiger partial charge in [-0.05, 0) is 41.3 Å². The van der Waals surface area contributed by atoms with Crippen molar-refractivity contribution in [2.24, 2.45) is 0 Å². The molecule has 4 nitrogen and oxygen atoms in total. The smallest absolute Gasteiger partial charge is 0.267 e. The number of unbranched alkanes of at least 4 members (excludes halogenated alkanes) is 3. The minimum atomic E-state index is -0.0127. The van der Waals surface area contributed by atoms with Gasteiger partial charge in [0, 0.05) is 30.4 Å². The zero-order valence-corrected chi connectivity index (χ0v) is 13.1. The Balaban J connectivity index is 2.36. The number of aliphatic hydroxyl groups is 1. The lowest BCUT2D eigenvalue weighted by Crippen LogP contribution is -2.26. The third-order valence-electron chi connectivity index (χ3n) is 2.93. The molecule has 0 saturated heterocycles. The summed E-state index contributed by atoms with van der Waals surface area (Å²) in [4.78, 5) is 12.0. The second kappa shape index (κ2) is 9.15. The summed E-state index contributed by atoms with van der Waals surface area (Å²) in [6.07, 6.45) is 6.81. The van der Waals surface area contributed by atoms with Gasteiger partial charge < -0.3 is 15.0 Å². The maximum absolute atomic E-state index is 12.0. The predicted molar refractivity (Wildman–Crippen MR) is 80.3 cm³/mol. The van der Waals surface area contributed by atoms with Crippen molar-refractivity contribution in [3.8, 4) is 0 Å². The summed E-state index contributed by atoms with van der Waals surface area (Å²) in [5, 5.41) is 11.6. The molecule has 0 aliphatic carbocycles. The zero-order chi connectivity index (χ0) is 14.1. The SMILES string of the molecule is CCCn1cc(Br)cc1C(=O)NCCCCCCO. The van der Waals surface area contributed by atoms with Crippen molar-refractivity contribution >= 4 is 21.8 Å². The number of halogens is 1. The van der Waals surface area contributed by atoms with Crippen molar-refractivity contribution in [3.05, 3.63) is 22.4 Å². The van der Waals surface area contributed by atoms with Gasteiger partial charge in [0.25, 0.3) is 5.91 Å². The van der Waals surface area contributed by atoms with E-state index < -0.39 is 0 Å². The summed E-state index contributed by atoms with van der Waals surface area (Å²) in [6.45, 7) is 3.89. The average molecular weight is 331 g/mol. The molecule has 0 fully saturated rings. The summed E-state index contributed by atoms with van der Waals surface area (Å²) >= 11 is 3.41. The Labute approximate surface area is 123 Å². The van der Waals surface area contributed by atoms with Crippen LogP contribution in [-0.2, 0) is 6.54 Å². The minimum Gasteiger partial charge on any atom is -0.396 e. The van der Waals surface area contributed by atoms with Gasteiger partial charge in [0.2, 0.25) is 0 Å². The second-order valence-corrected chi connectivity index (χ2v) is 5.55. The van der Waals surface area contributed by atoms with Gasteiger partial charge >= 0.3 is 0 Å². The number of carbonyl (C=O) groups is 1. The molecule has 0 radical (unpaired) electrons. The third-order valence-corrected chi connectivity index (χ3v) is 3.36. The molecule has 0 spiro atoms. The molecule has 1 aromatic rings. The van der Waals surface area contributed by atoms with Crippen molar-refractivity contribution < 1.29 is 9.90 Å². The van der Waals surface area contributed by atoms with Crippen LogP contribution in [0.2, 0.25) is 0 Å². The number of rotatable bonds is 9. The van der Waals surface area contributed by atoms with E-state index in [0.717, 1.165) is 43.1 Å². The molecule has 1 aromatic heterocycles. The molecule has 0 aliphatic rings. The molecule has 5 heteroatoms. The van der Waals surface area contributed by atoms with Crippen LogP contribution in [-0.4, -0.2) is 28.7 Å². The summed E-state index contributed by atoms with van der Waals surface area (Å²) in [6, 6.07) is 1.86. The van der Waals surface area contributed by atoms with Crippen LogP contribution < -0.4 is 5.32 Å². The molecule has 108 valence electrons. The number of hydrogen-bond donors (Lipinski definition) is 2. The van der Waals surface area contributed by atoms with Gasteiger partial charge in [-0.3, -0.25) is 4.79 Å². The molecule has 0 unspecified atom stereocenters. The highest BCUT2D eigenvalue weighted by atomic mass is 79.9. The molecule has 19 heavy (non-hydrogen) atoms. The number of aryl methyl sites for hydroxylation is 1. The van der Waals surface area contributed by atoms with Crippen LogP contribution in [0.1, 0.15) is 49.5 Å².